The summed E-state index contributed by atoms with van der Waals surface area (Å²) in [6.45, 7) is 9.26. The Labute approximate surface area is 121 Å². The average molecular weight is 272 g/mol. The van der Waals surface area contributed by atoms with Gasteiger partial charge in [0.1, 0.15) is 0 Å². The van der Waals surface area contributed by atoms with Crippen molar-refractivity contribution in [1.82, 2.24) is 14.7 Å². The zero-order chi connectivity index (χ0) is 14.5. The average Bonchev–Trinajstić information content (AvgIpc) is 2.85. The van der Waals surface area contributed by atoms with E-state index >= 15 is 0 Å². The van der Waals surface area contributed by atoms with E-state index in [0.29, 0.717) is 6.04 Å². The van der Waals surface area contributed by atoms with Crippen LogP contribution in [-0.4, -0.2) is 20.7 Å². The molecule has 1 aromatic heterocycles. The third-order valence-corrected chi connectivity index (χ3v) is 3.46. The molecule has 2 rings (SSSR count). The van der Waals surface area contributed by atoms with Crippen LogP contribution in [-0.2, 0) is 19.6 Å². The van der Waals surface area contributed by atoms with E-state index in [1.165, 1.54) is 11.1 Å². The van der Waals surface area contributed by atoms with Crippen LogP contribution in [0, 0.1) is 0 Å². The Kier molecular flexibility index (Phi) is 4.79. The molecule has 20 heavy (non-hydrogen) atoms. The Balaban J connectivity index is 2.07. The van der Waals surface area contributed by atoms with Gasteiger partial charge in [-0.1, -0.05) is 12.1 Å². The summed E-state index contributed by atoms with van der Waals surface area (Å²) < 4.78 is 1.97. The fourth-order valence-electron chi connectivity index (χ4n) is 2.24. The second kappa shape index (κ2) is 6.57. The molecule has 0 atom stereocenters. The monoisotopic (exact) mass is 272 g/mol. The maximum Gasteiger partial charge on any atom is 0.0534 e. The SMILES string of the molecule is CCn1cc(CN(Cc2cccc(N)c2)C(C)C)cn1. The van der Waals surface area contributed by atoms with Gasteiger partial charge in [0.2, 0.25) is 0 Å². The first-order valence-corrected chi connectivity index (χ1v) is 7.18. The Morgan fingerprint density at radius 2 is 2.00 bits per heavy atom. The minimum Gasteiger partial charge on any atom is -0.399 e. The highest BCUT2D eigenvalue weighted by Crippen LogP contribution is 2.14. The van der Waals surface area contributed by atoms with Gasteiger partial charge in [-0.15, -0.1) is 0 Å². The van der Waals surface area contributed by atoms with Crippen LogP contribution in [0.3, 0.4) is 0 Å². The largest absolute Gasteiger partial charge is 0.399 e. The lowest BCUT2D eigenvalue weighted by Crippen LogP contribution is -2.29. The van der Waals surface area contributed by atoms with Gasteiger partial charge in [0.25, 0.3) is 0 Å². The normalized spacial score (nSPS) is 11.4. The Hall–Kier alpha value is -1.81. The number of nitrogens with zero attached hydrogens (tertiary/aromatic N) is 3. The van der Waals surface area contributed by atoms with Gasteiger partial charge in [0.05, 0.1) is 6.20 Å². The fraction of sp³-hybridized carbons (Fsp3) is 0.438. The molecular formula is C16H24N4. The molecule has 0 fully saturated rings. The summed E-state index contributed by atoms with van der Waals surface area (Å²) in [5.41, 5.74) is 9.18. The quantitative estimate of drug-likeness (QED) is 0.823. The van der Waals surface area contributed by atoms with Crippen LogP contribution in [0.15, 0.2) is 36.7 Å². The number of aromatic nitrogens is 2. The highest BCUT2D eigenvalue weighted by Gasteiger charge is 2.12. The molecule has 2 N–H and O–H groups in total. The van der Waals surface area contributed by atoms with Crippen LogP contribution in [0.1, 0.15) is 31.9 Å². The Bertz CT molecular complexity index is 545. The minimum absolute atomic E-state index is 0.474. The zero-order valence-electron chi connectivity index (χ0n) is 12.6. The van der Waals surface area contributed by atoms with E-state index in [2.05, 4.69) is 43.0 Å². The predicted octanol–water partition coefficient (Wildman–Crippen LogP) is 2.90. The van der Waals surface area contributed by atoms with E-state index in [0.717, 1.165) is 25.3 Å². The summed E-state index contributed by atoms with van der Waals surface area (Å²) >= 11 is 0. The first-order chi connectivity index (χ1) is 9.58. The molecule has 0 aliphatic heterocycles. The van der Waals surface area contributed by atoms with Crippen molar-refractivity contribution in [3.05, 3.63) is 47.8 Å². The maximum absolute atomic E-state index is 5.85. The van der Waals surface area contributed by atoms with Crippen molar-refractivity contribution in [2.75, 3.05) is 5.73 Å². The second-order valence-electron chi connectivity index (χ2n) is 5.45. The van der Waals surface area contributed by atoms with Gasteiger partial charge in [-0.05, 0) is 38.5 Å². The summed E-state index contributed by atoms with van der Waals surface area (Å²) in [6.07, 6.45) is 4.08. The number of aryl methyl sites for hydroxylation is 1. The van der Waals surface area contributed by atoms with Crippen LogP contribution in [0.25, 0.3) is 0 Å². The minimum atomic E-state index is 0.474. The third-order valence-electron chi connectivity index (χ3n) is 3.46. The molecule has 0 aliphatic carbocycles. The standard InChI is InChI=1S/C16H24N4/c1-4-20-12-15(9-18-20)11-19(13(2)3)10-14-6-5-7-16(17)8-14/h5-9,12-13H,4,10-11,17H2,1-3H3. The molecule has 0 amide bonds. The highest BCUT2D eigenvalue weighted by atomic mass is 15.3. The van der Waals surface area contributed by atoms with Gasteiger partial charge in [0.15, 0.2) is 0 Å². The van der Waals surface area contributed by atoms with Crippen LogP contribution >= 0.6 is 0 Å². The second-order valence-corrected chi connectivity index (χ2v) is 5.45. The van der Waals surface area contributed by atoms with Crippen molar-refractivity contribution in [2.24, 2.45) is 0 Å². The number of nitrogens with two attached hydrogens (primary N) is 1. The smallest absolute Gasteiger partial charge is 0.0534 e. The predicted molar refractivity (Wildman–Crippen MR) is 83.1 cm³/mol. The molecule has 0 unspecified atom stereocenters. The van der Waals surface area contributed by atoms with E-state index < -0.39 is 0 Å². The Morgan fingerprint density at radius 3 is 2.60 bits per heavy atom. The topological polar surface area (TPSA) is 47.1 Å². The van der Waals surface area contributed by atoms with Gasteiger partial charge in [0, 0.05) is 43.1 Å². The van der Waals surface area contributed by atoms with Crippen molar-refractivity contribution < 1.29 is 0 Å². The summed E-state index contributed by atoms with van der Waals surface area (Å²) in [5.74, 6) is 0. The van der Waals surface area contributed by atoms with Crippen molar-refractivity contribution in [3.63, 3.8) is 0 Å². The van der Waals surface area contributed by atoms with Crippen LogP contribution in [0.2, 0.25) is 0 Å². The van der Waals surface area contributed by atoms with Crippen molar-refractivity contribution in [2.45, 2.75) is 46.4 Å². The summed E-state index contributed by atoms with van der Waals surface area (Å²) in [6, 6.07) is 8.58. The molecule has 4 nitrogen and oxygen atoms in total. The third kappa shape index (κ3) is 3.84. The lowest BCUT2D eigenvalue weighted by atomic mass is 10.1. The van der Waals surface area contributed by atoms with Gasteiger partial charge >= 0.3 is 0 Å². The number of rotatable bonds is 6. The van der Waals surface area contributed by atoms with Crippen molar-refractivity contribution in [1.29, 1.82) is 0 Å². The number of hydrogen-bond donors (Lipinski definition) is 1. The molecule has 0 radical (unpaired) electrons. The summed E-state index contributed by atoms with van der Waals surface area (Å²) in [5, 5.41) is 4.34. The zero-order valence-corrected chi connectivity index (χ0v) is 12.6. The first-order valence-electron chi connectivity index (χ1n) is 7.18. The maximum atomic E-state index is 5.85. The molecule has 0 bridgehead atoms. The molecule has 4 heteroatoms. The van der Waals surface area contributed by atoms with Gasteiger partial charge in [-0.3, -0.25) is 9.58 Å². The molecule has 0 aliphatic rings. The number of hydrogen-bond acceptors (Lipinski definition) is 3. The molecule has 1 heterocycles. The van der Waals surface area contributed by atoms with E-state index in [1.807, 2.05) is 29.1 Å². The lowest BCUT2D eigenvalue weighted by molar-refractivity contribution is 0.203. The molecule has 0 saturated heterocycles. The molecule has 108 valence electrons. The molecule has 0 saturated carbocycles. The summed E-state index contributed by atoms with van der Waals surface area (Å²) in [7, 11) is 0. The number of anilines is 1. The number of nitrogen functional groups attached to an aromatic ring is 1. The van der Waals surface area contributed by atoms with Gasteiger partial charge in [-0.25, -0.2) is 0 Å². The van der Waals surface area contributed by atoms with Gasteiger partial charge < -0.3 is 5.73 Å². The first kappa shape index (κ1) is 14.6. The van der Waals surface area contributed by atoms with Crippen molar-refractivity contribution in [3.8, 4) is 0 Å². The summed E-state index contributed by atoms with van der Waals surface area (Å²) in [4.78, 5) is 2.42. The Morgan fingerprint density at radius 1 is 1.25 bits per heavy atom. The molecule has 1 aromatic carbocycles. The highest BCUT2D eigenvalue weighted by molar-refractivity contribution is 5.40. The molecule has 0 spiro atoms. The van der Waals surface area contributed by atoms with E-state index in [1.54, 1.807) is 0 Å². The van der Waals surface area contributed by atoms with Crippen LogP contribution in [0.4, 0.5) is 5.69 Å². The molecule has 2 aromatic rings. The number of benzene rings is 1. The van der Waals surface area contributed by atoms with Crippen LogP contribution in [0.5, 0.6) is 0 Å². The van der Waals surface area contributed by atoms with E-state index in [-0.39, 0.29) is 0 Å². The van der Waals surface area contributed by atoms with Gasteiger partial charge in [-0.2, -0.15) is 5.10 Å². The van der Waals surface area contributed by atoms with Crippen LogP contribution < -0.4 is 5.73 Å². The fourth-order valence-corrected chi connectivity index (χ4v) is 2.24. The van der Waals surface area contributed by atoms with Crippen molar-refractivity contribution >= 4 is 5.69 Å². The van der Waals surface area contributed by atoms with E-state index in [4.69, 9.17) is 5.73 Å². The van der Waals surface area contributed by atoms with E-state index in [9.17, 15) is 0 Å². The lowest BCUT2D eigenvalue weighted by Gasteiger charge is -2.26. The molecular weight excluding hydrogens is 248 g/mol.